The SMILES string of the molecule is CC(C(=O)O)c1cnc(-c2ccc(-c3ccncc3)c(-c3ccncc3)c2)[nH]1. The predicted molar refractivity (Wildman–Crippen MR) is 107 cm³/mol. The monoisotopic (exact) mass is 370 g/mol. The quantitative estimate of drug-likeness (QED) is 0.544. The second-order valence-corrected chi connectivity index (χ2v) is 6.48. The van der Waals surface area contributed by atoms with Crippen LogP contribution in [-0.4, -0.2) is 31.0 Å². The highest BCUT2D eigenvalue weighted by atomic mass is 16.4. The number of imidazole rings is 1. The summed E-state index contributed by atoms with van der Waals surface area (Å²) < 4.78 is 0. The first-order chi connectivity index (χ1) is 13.6. The Bertz CT molecular complexity index is 1110. The van der Waals surface area contributed by atoms with Crippen molar-refractivity contribution in [1.29, 1.82) is 0 Å². The predicted octanol–water partition coefficient (Wildman–Crippen LogP) is 4.39. The second kappa shape index (κ2) is 7.44. The average molecular weight is 370 g/mol. The van der Waals surface area contributed by atoms with Crippen LogP contribution in [-0.2, 0) is 4.79 Å². The van der Waals surface area contributed by atoms with E-state index in [0.29, 0.717) is 11.5 Å². The van der Waals surface area contributed by atoms with Crippen molar-refractivity contribution >= 4 is 5.97 Å². The molecule has 0 radical (unpaired) electrons. The molecule has 6 nitrogen and oxygen atoms in total. The van der Waals surface area contributed by atoms with Crippen molar-refractivity contribution in [1.82, 2.24) is 19.9 Å². The number of nitrogens with one attached hydrogen (secondary N) is 1. The van der Waals surface area contributed by atoms with Crippen LogP contribution in [0.3, 0.4) is 0 Å². The largest absolute Gasteiger partial charge is 0.481 e. The lowest BCUT2D eigenvalue weighted by Gasteiger charge is -2.12. The van der Waals surface area contributed by atoms with Crippen LogP contribution in [0.1, 0.15) is 18.5 Å². The molecule has 0 spiro atoms. The van der Waals surface area contributed by atoms with Crippen molar-refractivity contribution in [2.75, 3.05) is 0 Å². The standard InChI is InChI=1S/C22H18N4O2/c1-14(22(27)28)20-13-25-21(26-20)17-2-3-18(15-4-8-23-9-5-15)19(12-17)16-6-10-24-11-7-16/h2-14H,1H3,(H,25,26)(H,27,28). The number of aromatic nitrogens is 4. The molecule has 2 N–H and O–H groups in total. The zero-order chi connectivity index (χ0) is 19.5. The van der Waals surface area contributed by atoms with Crippen LogP contribution in [0.25, 0.3) is 33.6 Å². The summed E-state index contributed by atoms with van der Waals surface area (Å²) in [4.78, 5) is 27.0. The third kappa shape index (κ3) is 3.40. The molecule has 1 unspecified atom stereocenters. The molecule has 1 aromatic carbocycles. The highest BCUT2D eigenvalue weighted by Gasteiger charge is 2.17. The molecular formula is C22H18N4O2. The molecule has 6 heteroatoms. The van der Waals surface area contributed by atoms with E-state index in [4.69, 9.17) is 0 Å². The number of hydrogen-bond donors (Lipinski definition) is 2. The molecule has 0 aliphatic heterocycles. The number of aromatic amines is 1. The Hall–Kier alpha value is -3.80. The van der Waals surface area contributed by atoms with Crippen molar-refractivity contribution in [3.05, 3.63) is 79.1 Å². The van der Waals surface area contributed by atoms with E-state index in [1.54, 1.807) is 37.9 Å². The van der Waals surface area contributed by atoms with Crippen molar-refractivity contribution in [2.45, 2.75) is 12.8 Å². The molecule has 3 aromatic heterocycles. The topological polar surface area (TPSA) is 91.8 Å². The summed E-state index contributed by atoms with van der Waals surface area (Å²) in [6, 6.07) is 13.9. The van der Waals surface area contributed by atoms with Gasteiger partial charge in [0.05, 0.1) is 5.92 Å². The first kappa shape index (κ1) is 17.6. The number of pyridine rings is 2. The Morgan fingerprint density at radius 3 is 2.11 bits per heavy atom. The lowest BCUT2D eigenvalue weighted by Crippen LogP contribution is -2.07. The summed E-state index contributed by atoms with van der Waals surface area (Å²) in [7, 11) is 0. The van der Waals surface area contributed by atoms with Gasteiger partial charge < -0.3 is 10.1 Å². The maximum Gasteiger partial charge on any atom is 0.312 e. The Kier molecular flexibility index (Phi) is 4.68. The molecule has 0 amide bonds. The van der Waals surface area contributed by atoms with Gasteiger partial charge in [0.1, 0.15) is 5.82 Å². The molecule has 4 rings (SSSR count). The third-order valence-corrected chi connectivity index (χ3v) is 4.71. The maximum absolute atomic E-state index is 11.2. The summed E-state index contributed by atoms with van der Waals surface area (Å²) in [5, 5.41) is 9.21. The van der Waals surface area contributed by atoms with Crippen molar-refractivity contribution in [2.24, 2.45) is 0 Å². The number of carbonyl (C=O) groups is 1. The fourth-order valence-electron chi connectivity index (χ4n) is 3.08. The number of carboxylic acid groups (broad SMARTS) is 1. The Labute approximate surface area is 162 Å². The summed E-state index contributed by atoms with van der Waals surface area (Å²) >= 11 is 0. The normalized spacial score (nSPS) is 11.9. The third-order valence-electron chi connectivity index (χ3n) is 4.71. The van der Waals surface area contributed by atoms with E-state index in [9.17, 15) is 9.90 Å². The number of hydrogen-bond acceptors (Lipinski definition) is 4. The van der Waals surface area contributed by atoms with E-state index in [1.807, 2.05) is 36.4 Å². The maximum atomic E-state index is 11.2. The van der Waals surface area contributed by atoms with Gasteiger partial charge in [0.25, 0.3) is 0 Å². The Balaban J connectivity index is 1.82. The molecule has 3 heterocycles. The van der Waals surface area contributed by atoms with Gasteiger partial charge >= 0.3 is 5.97 Å². The van der Waals surface area contributed by atoms with Crippen LogP contribution in [0.15, 0.2) is 73.4 Å². The van der Waals surface area contributed by atoms with E-state index < -0.39 is 11.9 Å². The number of carboxylic acids is 1. The molecule has 28 heavy (non-hydrogen) atoms. The van der Waals surface area contributed by atoms with Crippen molar-refractivity contribution in [3.8, 4) is 33.6 Å². The zero-order valence-corrected chi connectivity index (χ0v) is 15.2. The molecule has 138 valence electrons. The minimum Gasteiger partial charge on any atom is -0.481 e. The average Bonchev–Trinajstić information content (AvgIpc) is 3.24. The van der Waals surface area contributed by atoms with Gasteiger partial charge in [-0.05, 0) is 59.5 Å². The van der Waals surface area contributed by atoms with E-state index in [-0.39, 0.29) is 0 Å². The molecule has 0 aliphatic rings. The number of aliphatic carboxylic acids is 1. The van der Waals surface area contributed by atoms with Gasteiger partial charge in [-0.25, -0.2) is 4.98 Å². The summed E-state index contributed by atoms with van der Waals surface area (Å²) in [5.41, 5.74) is 5.67. The van der Waals surface area contributed by atoms with Gasteiger partial charge in [-0.1, -0.05) is 12.1 Å². The first-order valence-electron chi connectivity index (χ1n) is 8.86. The lowest BCUT2D eigenvalue weighted by molar-refractivity contribution is -0.138. The van der Waals surface area contributed by atoms with Gasteiger partial charge in [-0.3, -0.25) is 14.8 Å². The minimum atomic E-state index is -0.888. The smallest absolute Gasteiger partial charge is 0.312 e. The highest BCUT2D eigenvalue weighted by Crippen LogP contribution is 2.35. The highest BCUT2D eigenvalue weighted by molar-refractivity contribution is 5.86. The van der Waals surface area contributed by atoms with E-state index >= 15 is 0 Å². The summed E-state index contributed by atoms with van der Waals surface area (Å²) in [5.74, 6) is -0.891. The number of H-pyrrole nitrogens is 1. The van der Waals surface area contributed by atoms with Crippen LogP contribution in [0.5, 0.6) is 0 Å². The summed E-state index contributed by atoms with van der Waals surface area (Å²) in [6.45, 7) is 1.63. The molecule has 4 aromatic rings. The second-order valence-electron chi connectivity index (χ2n) is 6.48. The molecule has 1 atom stereocenters. The molecule has 0 aliphatic carbocycles. The Morgan fingerprint density at radius 2 is 1.50 bits per heavy atom. The number of benzene rings is 1. The van der Waals surface area contributed by atoms with Crippen molar-refractivity contribution in [3.63, 3.8) is 0 Å². The molecule has 0 bridgehead atoms. The molecule has 0 fully saturated rings. The van der Waals surface area contributed by atoms with Gasteiger partial charge in [0.15, 0.2) is 0 Å². The summed E-state index contributed by atoms with van der Waals surface area (Å²) in [6.07, 6.45) is 8.64. The zero-order valence-electron chi connectivity index (χ0n) is 15.2. The lowest BCUT2D eigenvalue weighted by atomic mass is 9.93. The van der Waals surface area contributed by atoms with Crippen LogP contribution in [0, 0.1) is 0 Å². The van der Waals surface area contributed by atoms with E-state index in [1.165, 1.54) is 0 Å². The molecule has 0 saturated heterocycles. The van der Waals surface area contributed by atoms with Crippen LogP contribution >= 0.6 is 0 Å². The Morgan fingerprint density at radius 1 is 0.893 bits per heavy atom. The first-order valence-corrected chi connectivity index (χ1v) is 8.86. The van der Waals surface area contributed by atoms with E-state index in [0.717, 1.165) is 27.8 Å². The van der Waals surface area contributed by atoms with E-state index in [2.05, 4.69) is 26.0 Å². The van der Waals surface area contributed by atoms with Gasteiger partial charge in [0.2, 0.25) is 0 Å². The number of nitrogens with zero attached hydrogens (tertiary/aromatic N) is 3. The molecular weight excluding hydrogens is 352 g/mol. The van der Waals surface area contributed by atoms with Crippen LogP contribution in [0.2, 0.25) is 0 Å². The van der Waals surface area contributed by atoms with Crippen LogP contribution in [0.4, 0.5) is 0 Å². The van der Waals surface area contributed by atoms with Gasteiger partial charge in [-0.2, -0.15) is 0 Å². The molecule has 0 saturated carbocycles. The fraction of sp³-hybridized carbons (Fsp3) is 0.0909. The van der Waals surface area contributed by atoms with Crippen molar-refractivity contribution < 1.29 is 9.90 Å². The number of rotatable bonds is 5. The van der Waals surface area contributed by atoms with Crippen LogP contribution < -0.4 is 0 Å². The fourth-order valence-corrected chi connectivity index (χ4v) is 3.08. The minimum absolute atomic E-state index is 0.575. The van der Waals surface area contributed by atoms with Gasteiger partial charge in [0, 0.05) is 42.2 Å². The van der Waals surface area contributed by atoms with Gasteiger partial charge in [-0.15, -0.1) is 0 Å².